The van der Waals surface area contributed by atoms with Crippen LogP contribution in [0.4, 0.5) is 14.3 Å². The van der Waals surface area contributed by atoms with Crippen molar-refractivity contribution in [1.29, 1.82) is 0 Å². The van der Waals surface area contributed by atoms with Gasteiger partial charge in [0.15, 0.2) is 5.70 Å². The number of hydrogen-bond donors (Lipinski definition) is 3. The summed E-state index contributed by atoms with van der Waals surface area (Å²) in [7, 11) is 1.56. The summed E-state index contributed by atoms with van der Waals surface area (Å²) in [6, 6.07) is 19.0. The fraction of sp³-hybridized carbons (Fsp3) is 0.268. The Morgan fingerprint density at radius 2 is 1.53 bits per heavy atom. The van der Waals surface area contributed by atoms with Gasteiger partial charge in [0.25, 0.3) is 0 Å². The molecule has 2 aliphatic heterocycles. The molecule has 0 radical (unpaired) electrons. The van der Waals surface area contributed by atoms with Crippen molar-refractivity contribution in [2.45, 2.75) is 52.4 Å². The number of fused-ring (bicyclic) bond motifs is 2. The zero-order valence-corrected chi connectivity index (χ0v) is 32.8. The Labute approximate surface area is 338 Å². The Bertz CT molecular complexity index is 2450. The molecule has 0 fully saturated rings. The van der Waals surface area contributed by atoms with Crippen molar-refractivity contribution in [3.8, 4) is 40.0 Å². The van der Waals surface area contributed by atoms with Crippen molar-refractivity contribution in [1.82, 2.24) is 45.5 Å². The van der Waals surface area contributed by atoms with Crippen molar-refractivity contribution in [2.24, 2.45) is 0 Å². The summed E-state index contributed by atoms with van der Waals surface area (Å²) in [5, 5.41) is 24.4. The Morgan fingerprint density at radius 3 is 2.20 bits per heavy atom. The molecule has 3 N–H and O–H groups in total. The first-order valence-electron chi connectivity index (χ1n) is 19.2. The normalized spacial score (nSPS) is 14.0. The molecule has 59 heavy (non-hydrogen) atoms. The minimum absolute atomic E-state index is 0.155. The quantitative estimate of drug-likeness (QED) is 0.0857. The summed E-state index contributed by atoms with van der Waals surface area (Å²) in [5.74, 6) is 0.285. The molecule has 3 amide bonds. The van der Waals surface area contributed by atoms with Gasteiger partial charge in [0, 0.05) is 61.1 Å². The predicted molar refractivity (Wildman–Crippen MR) is 218 cm³/mol. The van der Waals surface area contributed by atoms with Gasteiger partial charge in [-0.25, -0.2) is 0 Å². The van der Waals surface area contributed by atoms with Gasteiger partial charge in [-0.1, -0.05) is 12.5 Å². The number of nitrogens with zero attached hydrogens (tertiary/aromatic N) is 8. The van der Waals surface area contributed by atoms with Crippen LogP contribution in [0.25, 0.3) is 40.4 Å². The van der Waals surface area contributed by atoms with Crippen LogP contribution in [-0.4, -0.2) is 89.9 Å². The number of carbonyl (C=O) groups excluding carboxylic acids is 3. The molecule has 302 valence electrons. The second-order valence-electron chi connectivity index (χ2n) is 14.1. The summed E-state index contributed by atoms with van der Waals surface area (Å²) in [6.07, 6.45) is 7.48. The molecule has 15 nitrogen and oxygen atoms in total. The monoisotopic (exact) mass is 801 g/mol. The second-order valence-corrected chi connectivity index (χ2v) is 14.1. The lowest BCUT2D eigenvalue weighted by Crippen LogP contribution is -2.50. The van der Waals surface area contributed by atoms with Crippen LogP contribution in [0, 0.1) is 0 Å². The standard InChI is InChI=1S/C41H42BF2N11O4/c1-26-32(27(2)54-36(26)23-30-14-19-35(55(30)42(54,43)44)28-11-15-31(59-3)16-12-28)17-20-38(57)46-22-7-4-5-10-37(56)48-25-39(58)49-29-13-18-34(47-24-29)41-52-50-40(51-53-41)33-9-6-8-21-45-33/h6,8-9,11-16,18-19,21,23-24H,4-5,7,10,17,20,22,25H2,1-3H3,(H,46,57)(H,48,56)(H,49,58). The van der Waals surface area contributed by atoms with E-state index in [0.717, 1.165) is 20.1 Å². The molecule has 4 aromatic heterocycles. The summed E-state index contributed by atoms with van der Waals surface area (Å²) in [5.41, 5.74) is 5.25. The number of unbranched alkanes of at least 4 members (excludes halogenated alkanes) is 2. The Hall–Kier alpha value is -6.98. The van der Waals surface area contributed by atoms with Gasteiger partial charge in [-0.2, -0.15) is 0 Å². The number of aromatic nitrogens is 7. The maximum atomic E-state index is 16.4. The van der Waals surface area contributed by atoms with E-state index in [1.165, 1.54) is 6.20 Å². The van der Waals surface area contributed by atoms with E-state index in [9.17, 15) is 14.4 Å². The first-order valence-corrected chi connectivity index (χ1v) is 19.2. The van der Waals surface area contributed by atoms with E-state index in [1.807, 2.05) is 13.0 Å². The number of benzene rings is 1. The smallest absolute Gasteiger partial charge is 0.497 e. The molecule has 0 aliphatic carbocycles. The van der Waals surface area contributed by atoms with Crippen LogP contribution in [0.5, 0.6) is 5.75 Å². The molecule has 2 aliphatic rings. The van der Waals surface area contributed by atoms with Crippen molar-refractivity contribution in [2.75, 3.05) is 25.5 Å². The Morgan fingerprint density at radius 1 is 0.797 bits per heavy atom. The molecule has 0 spiro atoms. The third-order valence-corrected chi connectivity index (χ3v) is 10.2. The lowest BCUT2D eigenvalue weighted by molar-refractivity contribution is -0.362. The molecular formula is C41H42BF2N11O4. The largest absolute Gasteiger partial charge is 0.737 e. The number of amides is 3. The van der Waals surface area contributed by atoms with Gasteiger partial charge in [0.05, 0.1) is 25.5 Å². The zero-order chi connectivity index (χ0) is 41.5. The maximum absolute atomic E-state index is 16.4. The number of anilines is 1. The number of halogens is 2. The molecule has 0 bridgehead atoms. The van der Waals surface area contributed by atoms with E-state index >= 15 is 8.63 Å². The lowest BCUT2D eigenvalue weighted by atomic mass is 9.89. The third kappa shape index (κ3) is 8.95. The fourth-order valence-electron chi connectivity index (χ4n) is 7.20. The Kier molecular flexibility index (Phi) is 12.0. The van der Waals surface area contributed by atoms with Crippen molar-refractivity contribution in [3.05, 3.63) is 102 Å². The molecule has 0 unspecified atom stereocenters. The minimum atomic E-state index is -4.20. The summed E-state index contributed by atoms with van der Waals surface area (Å²) < 4.78 is 40.2. The predicted octanol–water partition coefficient (Wildman–Crippen LogP) is 5.46. The SMILES string of the molecule is COc1ccc(-c2ccc3n2[B-](F)(F)[N+]2=C(C)C(CCC(=O)NCCCCCC(=O)NCC(=O)Nc4ccc(-c5nnc(-c6ccccn6)nn5)nc4)=C(C)C2=C3)cc1. The van der Waals surface area contributed by atoms with Crippen LogP contribution in [0.1, 0.15) is 58.1 Å². The molecule has 7 rings (SSSR count). The van der Waals surface area contributed by atoms with E-state index in [4.69, 9.17) is 4.74 Å². The van der Waals surface area contributed by atoms with E-state index in [1.54, 1.807) is 87.0 Å². The zero-order valence-electron chi connectivity index (χ0n) is 32.8. The Balaban J connectivity index is 0.793. The molecule has 0 saturated carbocycles. The van der Waals surface area contributed by atoms with Crippen LogP contribution in [0.15, 0.2) is 96.0 Å². The fourth-order valence-corrected chi connectivity index (χ4v) is 7.20. The number of nitrogens with one attached hydrogen (secondary N) is 3. The first kappa shape index (κ1) is 40.2. The molecule has 1 aromatic carbocycles. The molecule has 18 heteroatoms. The summed E-state index contributed by atoms with van der Waals surface area (Å²) >= 11 is 0. The molecule has 0 saturated heterocycles. The topological polar surface area (TPSA) is 182 Å². The summed E-state index contributed by atoms with van der Waals surface area (Å²) in [4.78, 5) is 45.9. The molecule has 5 aromatic rings. The highest BCUT2D eigenvalue weighted by Crippen LogP contribution is 2.40. The van der Waals surface area contributed by atoms with Gasteiger partial charge in [0.1, 0.15) is 22.8 Å². The van der Waals surface area contributed by atoms with E-state index in [0.29, 0.717) is 83.4 Å². The second kappa shape index (κ2) is 17.7. The van der Waals surface area contributed by atoms with Crippen LogP contribution in [-0.2, 0) is 14.4 Å². The first-order chi connectivity index (χ1) is 28.5. The number of pyridine rings is 2. The number of allylic oxidation sites excluding steroid dienone is 2. The van der Waals surface area contributed by atoms with E-state index < -0.39 is 12.9 Å². The van der Waals surface area contributed by atoms with Gasteiger partial charge in [-0.05, 0) is 92.4 Å². The highest BCUT2D eigenvalue weighted by Gasteiger charge is 2.54. The highest BCUT2D eigenvalue weighted by molar-refractivity contribution is 6.58. The average Bonchev–Trinajstić information content (AvgIpc) is 3.80. The minimum Gasteiger partial charge on any atom is -0.497 e. The number of carbonyl (C=O) groups is 3. The number of rotatable bonds is 16. The molecular weight excluding hydrogens is 759 g/mol. The highest BCUT2D eigenvalue weighted by atomic mass is 19.2. The maximum Gasteiger partial charge on any atom is 0.737 e. The third-order valence-electron chi connectivity index (χ3n) is 10.2. The van der Waals surface area contributed by atoms with E-state index in [-0.39, 0.29) is 42.8 Å². The molecule has 6 heterocycles. The van der Waals surface area contributed by atoms with Gasteiger partial charge < -0.3 is 38.3 Å². The number of hydrogen-bond acceptors (Lipinski definition) is 10. The molecule has 0 atom stereocenters. The summed E-state index contributed by atoms with van der Waals surface area (Å²) in [6.45, 7) is -0.469. The average molecular weight is 802 g/mol. The number of methoxy groups -OCH3 is 1. The van der Waals surface area contributed by atoms with E-state index in [2.05, 4.69) is 46.3 Å². The van der Waals surface area contributed by atoms with Gasteiger partial charge in [0.2, 0.25) is 29.4 Å². The number of ether oxygens (including phenoxy) is 1. The van der Waals surface area contributed by atoms with Gasteiger partial charge in [-0.3, -0.25) is 24.4 Å². The van der Waals surface area contributed by atoms with Crippen LogP contribution >= 0.6 is 0 Å². The van der Waals surface area contributed by atoms with Crippen molar-refractivity contribution in [3.63, 3.8) is 0 Å². The van der Waals surface area contributed by atoms with Crippen molar-refractivity contribution >= 4 is 42.2 Å². The van der Waals surface area contributed by atoms with Gasteiger partial charge >= 0.3 is 6.97 Å². The lowest BCUT2D eigenvalue weighted by Gasteiger charge is -2.31. The van der Waals surface area contributed by atoms with Crippen LogP contribution < -0.4 is 20.7 Å². The van der Waals surface area contributed by atoms with Gasteiger partial charge in [-0.15, -0.1) is 20.4 Å². The van der Waals surface area contributed by atoms with Crippen LogP contribution in [0.3, 0.4) is 0 Å². The van der Waals surface area contributed by atoms with Crippen LogP contribution in [0.2, 0.25) is 0 Å². The van der Waals surface area contributed by atoms with Crippen molar-refractivity contribution < 1.29 is 32.2 Å².